The van der Waals surface area contributed by atoms with Crippen LogP contribution in [0, 0.1) is 0 Å². The molecule has 0 amide bonds. The topological polar surface area (TPSA) is 95.6 Å². The number of aromatic amines is 2. The van der Waals surface area contributed by atoms with Gasteiger partial charge in [0.1, 0.15) is 11.3 Å². The van der Waals surface area contributed by atoms with Crippen molar-refractivity contribution >= 4 is 11.2 Å². The molecular weight excluding hydrogens is 258 g/mol. The molecule has 1 fully saturated rings. The van der Waals surface area contributed by atoms with Crippen LogP contribution < -0.4 is 16.6 Å². The van der Waals surface area contributed by atoms with Crippen molar-refractivity contribution in [1.82, 2.24) is 24.8 Å². The highest BCUT2D eigenvalue weighted by atomic mass is 16.2. The van der Waals surface area contributed by atoms with Gasteiger partial charge in [-0.1, -0.05) is 6.92 Å². The molecular formula is C13H19N5O2. The second-order valence-corrected chi connectivity index (χ2v) is 5.26. The molecule has 7 heteroatoms. The molecule has 0 aromatic carbocycles. The van der Waals surface area contributed by atoms with Gasteiger partial charge in [-0.2, -0.15) is 0 Å². The second kappa shape index (κ2) is 5.24. The van der Waals surface area contributed by atoms with Crippen LogP contribution in [0.3, 0.4) is 0 Å². The largest absolute Gasteiger partial charge is 0.336 e. The Bertz CT molecular complexity index is 720. The Morgan fingerprint density at radius 1 is 1.25 bits per heavy atom. The predicted octanol–water partition coefficient (Wildman–Crippen LogP) is 0.290. The fraction of sp³-hybridized carbons (Fsp3) is 0.615. The number of imidazole rings is 1. The second-order valence-electron chi connectivity index (χ2n) is 5.26. The molecule has 3 N–H and O–H groups in total. The molecule has 1 aliphatic heterocycles. The maximum Gasteiger partial charge on any atom is 0.330 e. The van der Waals surface area contributed by atoms with E-state index in [9.17, 15) is 9.59 Å². The van der Waals surface area contributed by atoms with Gasteiger partial charge in [-0.25, -0.2) is 9.78 Å². The molecule has 0 atom stereocenters. The molecule has 3 rings (SSSR count). The van der Waals surface area contributed by atoms with Gasteiger partial charge < -0.3 is 10.3 Å². The maximum atomic E-state index is 11.9. The molecule has 0 unspecified atom stereocenters. The van der Waals surface area contributed by atoms with Gasteiger partial charge in [-0.3, -0.25) is 14.3 Å². The number of hydrogen-bond acceptors (Lipinski definition) is 4. The number of H-pyrrole nitrogens is 2. The van der Waals surface area contributed by atoms with Crippen LogP contribution in [0.5, 0.6) is 0 Å². The van der Waals surface area contributed by atoms with E-state index in [1.165, 1.54) is 4.57 Å². The van der Waals surface area contributed by atoms with Gasteiger partial charge in [0.15, 0.2) is 5.65 Å². The van der Waals surface area contributed by atoms with Gasteiger partial charge in [0.05, 0.1) is 0 Å². The van der Waals surface area contributed by atoms with Crippen molar-refractivity contribution in [3.8, 4) is 0 Å². The van der Waals surface area contributed by atoms with Gasteiger partial charge in [0.25, 0.3) is 5.56 Å². The minimum atomic E-state index is -0.384. The number of hydrogen-bond donors (Lipinski definition) is 3. The molecule has 2 aromatic heterocycles. The maximum absolute atomic E-state index is 11.9. The number of aromatic nitrogens is 4. The minimum Gasteiger partial charge on any atom is -0.336 e. The Labute approximate surface area is 115 Å². The van der Waals surface area contributed by atoms with Crippen LogP contribution in [0.4, 0.5) is 0 Å². The standard InChI is InChI=1S/C13H19N5O2/c1-2-7-18-11-9(12(19)17-13(18)20)15-10(16-11)8-3-5-14-6-4-8/h8,14H,2-7H2,1H3,(H,15,16)(H,17,19,20). The predicted molar refractivity (Wildman–Crippen MR) is 76.1 cm³/mol. The van der Waals surface area contributed by atoms with Crippen LogP contribution >= 0.6 is 0 Å². The first-order valence-corrected chi connectivity index (χ1v) is 7.14. The monoisotopic (exact) mass is 277 g/mol. The van der Waals surface area contributed by atoms with Gasteiger partial charge in [-0.05, 0) is 32.4 Å². The first kappa shape index (κ1) is 13.1. The van der Waals surface area contributed by atoms with Crippen LogP contribution in [0.25, 0.3) is 11.2 Å². The van der Waals surface area contributed by atoms with Gasteiger partial charge in [0.2, 0.25) is 0 Å². The number of nitrogens with zero attached hydrogens (tertiary/aromatic N) is 2. The van der Waals surface area contributed by atoms with Crippen LogP contribution in [-0.4, -0.2) is 32.6 Å². The molecule has 7 nitrogen and oxygen atoms in total. The highest BCUT2D eigenvalue weighted by molar-refractivity contribution is 5.69. The summed E-state index contributed by atoms with van der Waals surface area (Å²) in [7, 11) is 0. The van der Waals surface area contributed by atoms with Crippen molar-refractivity contribution in [3.05, 3.63) is 26.7 Å². The molecule has 1 saturated heterocycles. The van der Waals surface area contributed by atoms with E-state index < -0.39 is 0 Å². The normalized spacial score (nSPS) is 16.9. The van der Waals surface area contributed by atoms with Gasteiger partial charge in [-0.15, -0.1) is 0 Å². The highest BCUT2D eigenvalue weighted by Crippen LogP contribution is 2.23. The third kappa shape index (κ3) is 2.18. The summed E-state index contributed by atoms with van der Waals surface area (Å²) < 4.78 is 1.54. The smallest absolute Gasteiger partial charge is 0.330 e. The lowest BCUT2D eigenvalue weighted by atomic mass is 9.98. The van der Waals surface area contributed by atoms with Crippen LogP contribution in [0.1, 0.15) is 37.9 Å². The van der Waals surface area contributed by atoms with Crippen molar-refractivity contribution in [3.63, 3.8) is 0 Å². The summed E-state index contributed by atoms with van der Waals surface area (Å²) in [6.45, 7) is 4.46. The van der Waals surface area contributed by atoms with E-state index in [1.54, 1.807) is 0 Å². The number of nitrogens with one attached hydrogen (secondary N) is 3. The van der Waals surface area contributed by atoms with Gasteiger partial charge >= 0.3 is 5.69 Å². The van der Waals surface area contributed by atoms with E-state index >= 15 is 0 Å². The summed E-state index contributed by atoms with van der Waals surface area (Å²) in [6, 6.07) is 0. The number of fused-ring (bicyclic) bond motifs is 1. The molecule has 0 bridgehead atoms. The average molecular weight is 277 g/mol. The summed E-state index contributed by atoms with van der Waals surface area (Å²) in [5, 5.41) is 3.31. The lowest BCUT2D eigenvalue weighted by Crippen LogP contribution is -2.30. The highest BCUT2D eigenvalue weighted by Gasteiger charge is 2.21. The lowest BCUT2D eigenvalue weighted by Gasteiger charge is -2.20. The van der Waals surface area contributed by atoms with Crippen molar-refractivity contribution in [2.24, 2.45) is 0 Å². The molecule has 0 radical (unpaired) electrons. The Hall–Kier alpha value is -1.89. The molecule has 0 spiro atoms. The number of piperidine rings is 1. The summed E-state index contributed by atoms with van der Waals surface area (Å²) >= 11 is 0. The van der Waals surface area contributed by atoms with E-state index in [1.807, 2.05) is 6.92 Å². The van der Waals surface area contributed by atoms with E-state index in [2.05, 4.69) is 20.3 Å². The van der Waals surface area contributed by atoms with Crippen LogP contribution in [-0.2, 0) is 6.54 Å². The zero-order chi connectivity index (χ0) is 14.1. The molecule has 1 aliphatic rings. The van der Waals surface area contributed by atoms with Gasteiger partial charge in [0, 0.05) is 12.5 Å². The minimum absolute atomic E-state index is 0.327. The molecule has 0 aliphatic carbocycles. The SMILES string of the molecule is CCCn1c(=O)[nH]c(=O)c2[nH]c(C3CCNCC3)nc21. The molecule has 108 valence electrons. The van der Waals surface area contributed by atoms with E-state index in [0.29, 0.717) is 23.6 Å². The van der Waals surface area contributed by atoms with E-state index in [0.717, 1.165) is 38.2 Å². The molecule has 0 saturated carbocycles. The lowest BCUT2D eigenvalue weighted by molar-refractivity contribution is 0.447. The molecule has 2 aromatic rings. The van der Waals surface area contributed by atoms with Crippen LogP contribution in [0.2, 0.25) is 0 Å². The first-order chi connectivity index (χ1) is 9.70. The third-order valence-corrected chi connectivity index (χ3v) is 3.82. The van der Waals surface area contributed by atoms with E-state index in [4.69, 9.17) is 0 Å². The average Bonchev–Trinajstić information content (AvgIpc) is 2.90. The number of aryl methyl sites for hydroxylation is 1. The quantitative estimate of drug-likeness (QED) is 0.751. The zero-order valence-electron chi connectivity index (χ0n) is 11.5. The van der Waals surface area contributed by atoms with Crippen LogP contribution in [0.15, 0.2) is 9.59 Å². The fourth-order valence-electron chi connectivity index (χ4n) is 2.78. The molecule has 20 heavy (non-hydrogen) atoms. The Kier molecular flexibility index (Phi) is 3.43. The summed E-state index contributed by atoms with van der Waals surface area (Å²) in [5.74, 6) is 1.15. The zero-order valence-corrected chi connectivity index (χ0v) is 11.5. The fourth-order valence-corrected chi connectivity index (χ4v) is 2.78. The van der Waals surface area contributed by atoms with E-state index in [-0.39, 0.29) is 11.2 Å². The Morgan fingerprint density at radius 2 is 2.00 bits per heavy atom. The van der Waals surface area contributed by atoms with Crippen molar-refractivity contribution in [1.29, 1.82) is 0 Å². The first-order valence-electron chi connectivity index (χ1n) is 7.14. The Balaban J connectivity index is 2.13. The third-order valence-electron chi connectivity index (χ3n) is 3.82. The summed E-state index contributed by atoms with van der Waals surface area (Å²) in [4.78, 5) is 33.8. The Morgan fingerprint density at radius 3 is 2.70 bits per heavy atom. The summed E-state index contributed by atoms with van der Waals surface area (Å²) in [5.41, 5.74) is 0.124. The van der Waals surface area contributed by atoms with Crippen molar-refractivity contribution in [2.45, 2.75) is 38.6 Å². The molecule has 3 heterocycles. The number of rotatable bonds is 3. The van der Waals surface area contributed by atoms with Crippen molar-refractivity contribution in [2.75, 3.05) is 13.1 Å². The van der Waals surface area contributed by atoms with Crippen molar-refractivity contribution < 1.29 is 0 Å². The summed E-state index contributed by atoms with van der Waals surface area (Å²) in [6.07, 6.45) is 2.81.